The normalized spacial score (nSPS) is 11.6. The van der Waals surface area contributed by atoms with Gasteiger partial charge in [0.05, 0.1) is 16.1 Å². The lowest BCUT2D eigenvalue weighted by Crippen LogP contribution is -2.07. The summed E-state index contributed by atoms with van der Waals surface area (Å²) in [6.07, 6.45) is 3.46. The highest BCUT2D eigenvalue weighted by molar-refractivity contribution is 7.28. The number of nitrogens with zero attached hydrogens (tertiary/aromatic N) is 4. The molecule has 0 spiro atoms. The standard InChI is InChI=1S/C23H23FN4S2/c1-4-5-6-18-14-21-23(29-18)25-22(30-21)19-12-9-16(13-20(19)24)27-26-15-7-10-17(11-8-15)28(2)3/h7-14H,4-6H2,1-3H3. The zero-order valence-corrected chi connectivity index (χ0v) is 18.9. The zero-order valence-electron chi connectivity index (χ0n) is 17.2. The smallest absolute Gasteiger partial charge is 0.135 e. The fraction of sp³-hybridized carbons (Fsp3) is 0.261. The molecule has 4 nitrogen and oxygen atoms in total. The highest BCUT2D eigenvalue weighted by Crippen LogP contribution is 2.37. The summed E-state index contributed by atoms with van der Waals surface area (Å²) in [6.45, 7) is 2.19. The summed E-state index contributed by atoms with van der Waals surface area (Å²) < 4.78 is 15.9. The maximum absolute atomic E-state index is 14.7. The third kappa shape index (κ3) is 4.57. The van der Waals surface area contributed by atoms with Gasteiger partial charge in [-0.1, -0.05) is 13.3 Å². The van der Waals surface area contributed by atoms with Gasteiger partial charge in [-0.2, -0.15) is 10.2 Å². The zero-order chi connectivity index (χ0) is 21.1. The van der Waals surface area contributed by atoms with Gasteiger partial charge >= 0.3 is 0 Å². The Morgan fingerprint density at radius 3 is 2.37 bits per heavy atom. The molecule has 2 aromatic heterocycles. The van der Waals surface area contributed by atoms with Gasteiger partial charge in [0.15, 0.2) is 0 Å². The summed E-state index contributed by atoms with van der Waals surface area (Å²) >= 11 is 3.25. The quantitative estimate of drug-likeness (QED) is 0.274. The molecule has 4 rings (SSSR count). The monoisotopic (exact) mass is 438 g/mol. The Morgan fingerprint density at radius 1 is 0.967 bits per heavy atom. The number of thiazole rings is 1. The number of hydrogen-bond donors (Lipinski definition) is 0. The van der Waals surface area contributed by atoms with E-state index in [1.165, 1.54) is 35.1 Å². The van der Waals surface area contributed by atoms with Crippen LogP contribution >= 0.6 is 22.7 Å². The topological polar surface area (TPSA) is 40.9 Å². The molecule has 7 heteroatoms. The van der Waals surface area contributed by atoms with Gasteiger partial charge < -0.3 is 4.90 Å². The number of halogens is 1. The molecule has 0 unspecified atom stereocenters. The molecule has 0 fully saturated rings. The molecule has 0 saturated heterocycles. The summed E-state index contributed by atoms with van der Waals surface area (Å²) in [5, 5.41) is 9.09. The van der Waals surface area contributed by atoms with Crippen LogP contribution < -0.4 is 4.90 Å². The first-order valence-corrected chi connectivity index (χ1v) is 11.5. The highest BCUT2D eigenvalue weighted by Gasteiger charge is 2.14. The van der Waals surface area contributed by atoms with Gasteiger partial charge in [0.1, 0.15) is 15.7 Å². The Hall–Kier alpha value is -2.64. The van der Waals surface area contributed by atoms with Crippen LogP contribution in [0.25, 0.3) is 20.1 Å². The lowest BCUT2D eigenvalue weighted by Gasteiger charge is -2.11. The second kappa shape index (κ2) is 9.02. The molecule has 0 saturated carbocycles. The fourth-order valence-corrected chi connectivity index (χ4v) is 5.35. The summed E-state index contributed by atoms with van der Waals surface area (Å²) in [4.78, 5) is 9.02. The predicted octanol–water partition coefficient (Wildman–Crippen LogP) is 7.99. The lowest BCUT2D eigenvalue weighted by molar-refractivity contribution is 0.631. The van der Waals surface area contributed by atoms with Gasteiger partial charge in [-0.25, -0.2) is 9.37 Å². The molecule has 0 bridgehead atoms. The number of aromatic nitrogens is 1. The van der Waals surface area contributed by atoms with Crippen molar-refractivity contribution in [1.82, 2.24) is 4.98 Å². The van der Waals surface area contributed by atoms with E-state index in [1.807, 2.05) is 43.3 Å². The minimum absolute atomic E-state index is 0.331. The maximum Gasteiger partial charge on any atom is 0.135 e. The minimum atomic E-state index is -0.331. The van der Waals surface area contributed by atoms with Crippen molar-refractivity contribution in [2.45, 2.75) is 26.2 Å². The first-order chi connectivity index (χ1) is 14.5. The van der Waals surface area contributed by atoms with Crippen molar-refractivity contribution in [2.75, 3.05) is 19.0 Å². The average molecular weight is 439 g/mol. The van der Waals surface area contributed by atoms with E-state index >= 15 is 0 Å². The number of anilines is 1. The number of aryl methyl sites for hydroxylation is 1. The molecule has 154 valence electrons. The second-order valence-corrected chi connectivity index (χ2v) is 9.43. The Balaban J connectivity index is 1.51. The van der Waals surface area contributed by atoms with Gasteiger partial charge in [-0.15, -0.1) is 22.7 Å². The number of azo groups is 1. The number of fused-ring (bicyclic) bond motifs is 1. The van der Waals surface area contributed by atoms with Crippen LogP contribution in [0.4, 0.5) is 21.5 Å². The van der Waals surface area contributed by atoms with Crippen LogP contribution in [-0.4, -0.2) is 19.1 Å². The molecule has 0 aliphatic carbocycles. The Morgan fingerprint density at radius 2 is 1.70 bits per heavy atom. The molecule has 4 aromatic rings. The maximum atomic E-state index is 14.7. The van der Waals surface area contributed by atoms with Gasteiger partial charge in [0.2, 0.25) is 0 Å². The van der Waals surface area contributed by atoms with E-state index in [1.54, 1.807) is 23.5 Å². The molecule has 2 aromatic carbocycles. The predicted molar refractivity (Wildman–Crippen MR) is 126 cm³/mol. The molecule has 0 aliphatic heterocycles. The molecule has 0 N–H and O–H groups in total. The molecular formula is C23H23FN4S2. The van der Waals surface area contributed by atoms with Crippen LogP contribution in [0.3, 0.4) is 0 Å². The summed E-state index contributed by atoms with van der Waals surface area (Å²) in [6, 6.07) is 14.8. The van der Waals surface area contributed by atoms with Crippen LogP contribution in [0.2, 0.25) is 0 Å². The molecular weight excluding hydrogens is 415 g/mol. The first-order valence-electron chi connectivity index (χ1n) is 9.92. The molecule has 0 aliphatic rings. The van der Waals surface area contributed by atoms with Crippen molar-refractivity contribution >= 4 is 49.3 Å². The third-order valence-electron chi connectivity index (χ3n) is 4.75. The molecule has 30 heavy (non-hydrogen) atoms. The van der Waals surface area contributed by atoms with E-state index in [0.717, 1.165) is 27.3 Å². The summed E-state index contributed by atoms with van der Waals surface area (Å²) in [5.74, 6) is -0.331. The molecule has 0 radical (unpaired) electrons. The van der Waals surface area contributed by atoms with Gasteiger partial charge in [-0.05, 0) is 55.3 Å². The number of rotatable bonds is 7. The van der Waals surface area contributed by atoms with Gasteiger partial charge in [0.25, 0.3) is 0 Å². The number of thiophene rings is 1. The van der Waals surface area contributed by atoms with Crippen molar-refractivity contribution in [3.05, 3.63) is 59.2 Å². The Kier molecular flexibility index (Phi) is 6.20. The van der Waals surface area contributed by atoms with E-state index < -0.39 is 0 Å². The Labute approximate surface area is 183 Å². The number of unbranched alkanes of at least 4 members (excludes halogenated alkanes) is 1. The average Bonchev–Trinajstić information content (AvgIpc) is 3.29. The third-order valence-corrected chi connectivity index (χ3v) is 7.00. The SMILES string of the molecule is CCCCc1cc2sc(-c3ccc(N=Nc4ccc(N(C)C)cc4)cc3F)nc2s1. The number of benzene rings is 2. The minimum Gasteiger partial charge on any atom is -0.378 e. The Bertz CT molecular complexity index is 1140. The van der Waals surface area contributed by atoms with E-state index in [4.69, 9.17) is 0 Å². The summed E-state index contributed by atoms with van der Waals surface area (Å²) in [7, 11) is 3.97. The highest BCUT2D eigenvalue weighted by atomic mass is 32.1. The van der Waals surface area contributed by atoms with E-state index in [0.29, 0.717) is 16.3 Å². The van der Waals surface area contributed by atoms with Crippen molar-refractivity contribution in [2.24, 2.45) is 10.2 Å². The lowest BCUT2D eigenvalue weighted by atomic mass is 10.2. The van der Waals surface area contributed by atoms with Crippen LogP contribution in [0.5, 0.6) is 0 Å². The second-order valence-electron chi connectivity index (χ2n) is 7.28. The van der Waals surface area contributed by atoms with Gasteiger partial charge in [0, 0.05) is 36.3 Å². The van der Waals surface area contributed by atoms with E-state index in [-0.39, 0.29) is 5.82 Å². The molecule has 0 amide bonds. The van der Waals surface area contributed by atoms with E-state index in [2.05, 4.69) is 28.2 Å². The van der Waals surface area contributed by atoms with Crippen molar-refractivity contribution in [3.63, 3.8) is 0 Å². The largest absolute Gasteiger partial charge is 0.378 e. The van der Waals surface area contributed by atoms with Crippen molar-refractivity contribution < 1.29 is 4.39 Å². The molecule has 2 heterocycles. The fourth-order valence-electron chi connectivity index (χ4n) is 3.04. The van der Waals surface area contributed by atoms with Crippen LogP contribution in [-0.2, 0) is 6.42 Å². The van der Waals surface area contributed by atoms with Gasteiger partial charge in [-0.3, -0.25) is 0 Å². The van der Waals surface area contributed by atoms with E-state index in [9.17, 15) is 4.39 Å². The van der Waals surface area contributed by atoms with Crippen LogP contribution in [0, 0.1) is 5.82 Å². The van der Waals surface area contributed by atoms with Crippen LogP contribution in [0.1, 0.15) is 24.6 Å². The summed E-state index contributed by atoms with van der Waals surface area (Å²) in [5.41, 5.74) is 2.80. The number of hydrogen-bond acceptors (Lipinski definition) is 6. The van der Waals surface area contributed by atoms with Crippen molar-refractivity contribution in [1.29, 1.82) is 0 Å². The molecule has 0 atom stereocenters. The van der Waals surface area contributed by atoms with Crippen molar-refractivity contribution in [3.8, 4) is 10.6 Å². The first kappa shape index (κ1) is 20.6. The van der Waals surface area contributed by atoms with Crippen LogP contribution in [0.15, 0.2) is 58.8 Å².